The van der Waals surface area contributed by atoms with Crippen molar-refractivity contribution in [2.45, 2.75) is 13.8 Å². The normalized spacial score (nSPS) is 12.4. The molecule has 0 saturated heterocycles. The van der Waals surface area contributed by atoms with Crippen molar-refractivity contribution in [2.24, 2.45) is 0 Å². The number of ether oxygens (including phenoxy) is 2. The van der Waals surface area contributed by atoms with Crippen LogP contribution >= 0.6 is 0 Å². The predicted octanol–water partition coefficient (Wildman–Crippen LogP) is 3.47. The Morgan fingerprint density at radius 3 is 1.36 bits per heavy atom. The van der Waals surface area contributed by atoms with Gasteiger partial charge in [-0.15, -0.1) is 0 Å². The minimum atomic E-state index is -0.633. The van der Waals surface area contributed by atoms with Gasteiger partial charge in [0.1, 0.15) is 0 Å². The molecule has 3 aromatic carbocycles. The van der Waals surface area contributed by atoms with Gasteiger partial charge in [-0.05, 0) is 0 Å². The van der Waals surface area contributed by atoms with E-state index in [0.717, 1.165) is 0 Å². The van der Waals surface area contributed by atoms with Crippen LogP contribution in [0.3, 0.4) is 0 Å². The third-order valence-corrected chi connectivity index (χ3v) is 4.48. The molecule has 0 heterocycles. The molecule has 0 aliphatic heterocycles. The average Bonchev–Trinajstić information content (AvgIpc) is 2.67. The molecular formula is C22H14O6. The first-order chi connectivity index (χ1) is 13.4. The molecule has 0 bridgehead atoms. The maximum absolute atomic E-state index is 13.3. The van der Waals surface area contributed by atoms with E-state index in [1.165, 1.54) is 26.0 Å². The van der Waals surface area contributed by atoms with Crippen molar-refractivity contribution in [1.82, 2.24) is 0 Å². The summed E-state index contributed by atoms with van der Waals surface area (Å²) in [4.78, 5) is 50.0. The van der Waals surface area contributed by atoms with Crippen molar-refractivity contribution in [3.63, 3.8) is 0 Å². The first kappa shape index (κ1) is 17.6. The fraction of sp³-hybridized carbons (Fsp3) is 0.0909. The smallest absolute Gasteiger partial charge is 0.308 e. The summed E-state index contributed by atoms with van der Waals surface area (Å²) in [6, 6.07) is 13.0. The number of hydrogen-bond acceptors (Lipinski definition) is 6. The largest absolute Gasteiger partial charge is 0.425 e. The minimum Gasteiger partial charge on any atom is -0.425 e. The molecule has 1 aliphatic carbocycles. The number of benzene rings is 3. The molecule has 138 valence electrons. The van der Waals surface area contributed by atoms with Crippen LogP contribution in [0, 0.1) is 0 Å². The van der Waals surface area contributed by atoms with Crippen molar-refractivity contribution >= 4 is 34.3 Å². The van der Waals surface area contributed by atoms with Crippen molar-refractivity contribution in [1.29, 1.82) is 0 Å². The third kappa shape index (κ3) is 2.58. The van der Waals surface area contributed by atoms with Crippen LogP contribution in [0.4, 0.5) is 0 Å². The lowest BCUT2D eigenvalue weighted by molar-refractivity contribution is -0.133. The molecule has 0 unspecified atom stereocenters. The van der Waals surface area contributed by atoms with E-state index in [0.29, 0.717) is 10.8 Å². The molecule has 0 atom stereocenters. The van der Waals surface area contributed by atoms with E-state index < -0.39 is 23.5 Å². The zero-order valence-corrected chi connectivity index (χ0v) is 15.1. The number of ketones is 2. The minimum absolute atomic E-state index is 0.0122. The van der Waals surface area contributed by atoms with Crippen LogP contribution in [-0.4, -0.2) is 23.5 Å². The van der Waals surface area contributed by atoms with E-state index in [2.05, 4.69) is 0 Å². The van der Waals surface area contributed by atoms with Gasteiger partial charge in [0.15, 0.2) is 23.1 Å². The number of carbonyl (C=O) groups is 4. The highest BCUT2D eigenvalue weighted by atomic mass is 16.5. The number of hydrogen-bond donors (Lipinski definition) is 0. The summed E-state index contributed by atoms with van der Waals surface area (Å²) in [5.41, 5.74) is 0.262. The van der Waals surface area contributed by atoms with Crippen LogP contribution in [0.2, 0.25) is 0 Å². The second-order valence-corrected chi connectivity index (χ2v) is 6.34. The maximum Gasteiger partial charge on any atom is 0.308 e. The zero-order valence-electron chi connectivity index (χ0n) is 15.1. The second kappa shape index (κ2) is 6.42. The summed E-state index contributed by atoms with van der Waals surface area (Å²) in [5, 5.41) is 0.793. The highest BCUT2D eigenvalue weighted by Crippen LogP contribution is 2.45. The van der Waals surface area contributed by atoms with Crippen LogP contribution in [0.1, 0.15) is 45.7 Å². The maximum atomic E-state index is 13.3. The molecule has 1 aliphatic rings. The molecular weight excluding hydrogens is 360 g/mol. The lowest BCUT2D eigenvalue weighted by Gasteiger charge is -2.23. The SMILES string of the molecule is CC(=O)Oc1c2c(c(OC(C)=O)c3ccccc13)C(=O)c1ccccc1C2=O. The average molecular weight is 374 g/mol. The van der Waals surface area contributed by atoms with Crippen molar-refractivity contribution in [3.05, 3.63) is 70.8 Å². The third-order valence-electron chi connectivity index (χ3n) is 4.48. The number of carbonyl (C=O) groups excluding carboxylic acids is 4. The summed E-state index contributed by atoms with van der Waals surface area (Å²) in [6.45, 7) is 2.43. The van der Waals surface area contributed by atoms with Crippen LogP contribution in [-0.2, 0) is 9.59 Å². The van der Waals surface area contributed by atoms with E-state index in [4.69, 9.17) is 9.47 Å². The Hall–Kier alpha value is -3.80. The second-order valence-electron chi connectivity index (χ2n) is 6.34. The lowest BCUT2D eigenvalue weighted by atomic mass is 9.81. The Labute approximate surface area is 159 Å². The van der Waals surface area contributed by atoms with Gasteiger partial charge < -0.3 is 9.47 Å². The van der Waals surface area contributed by atoms with Gasteiger partial charge in [-0.3, -0.25) is 19.2 Å². The molecule has 28 heavy (non-hydrogen) atoms. The van der Waals surface area contributed by atoms with E-state index in [-0.39, 0.29) is 33.8 Å². The molecule has 6 heteroatoms. The number of fused-ring (bicyclic) bond motifs is 3. The molecule has 6 nitrogen and oxygen atoms in total. The standard InChI is InChI=1S/C22H14O6/c1-11(23)27-21-15-9-5-6-10-16(15)22(28-12(2)24)18-17(21)19(25)13-7-3-4-8-14(13)20(18)26/h3-10H,1-2H3. The van der Waals surface area contributed by atoms with Gasteiger partial charge in [-0.25, -0.2) is 0 Å². The summed E-state index contributed by atoms with van der Waals surface area (Å²) in [6.07, 6.45) is 0. The van der Waals surface area contributed by atoms with Crippen LogP contribution in [0.5, 0.6) is 11.5 Å². The van der Waals surface area contributed by atoms with Gasteiger partial charge in [0.05, 0.1) is 11.1 Å². The first-order valence-electron chi connectivity index (χ1n) is 8.54. The molecule has 0 aromatic heterocycles. The Morgan fingerprint density at radius 2 is 1.00 bits per heavy atom. The number of esters is 2. The summed E-state index contributed by atoms with van der Waals surface area (Å²) in [7, 11) is 0. The molecule has 0 saturated carbocycles. The summed E-state index contributed by atoms with van der Waals surface area (Å²) >= 11 is 0. The molecule has 0 radical (unpaired) electrons. The summed E-state index contributed by atoms with van der Waals surface area (Å²) in [5.74, 6) is -2.23. The lowest BCUT2D eigenvalue weighted by Crippen LogP contribution is -2.24. The topological polar surface area (TPSA) is 86.7 Å². The van der Waals surface area contributed by atoms with E-state index in [9.17, 15) is 19.2 Å². The van der Waals surface area contributed by atoms with Gasteiger partial charge in [-0.1, -0.05) is 48.5 Å². The Morgan fingerprint density at radius 1 is 0.643 bits per heavy atom. The van der Waals surface area contributed by atoms with Crippen LogP contribution in [0.15, 0.2) is 48.5 Å². The molecule has 0 N–H and O–H groups in total. The highest BCUT2D eigenvalue weighted by Gasteiger charge is 2.37. The van der Waals surface area contributed by atoms with Gasteiger partial charge in [0.25, 0.3) is 0 Å². The molecule has 0 spiro atoms. The molecule has 0 amide bonds. The molecule has 3 aromatic rings. The fourth-order valence-electron chi connectivity index (χ4n) is 3.46. The van der Waals surface area contributed by atoms with Gasteiger partial charge in [-0.2, -0.15) is 0 Å². The van der Waals surface area contributed by atoms with Crippen molar-refractivity contribution < 1.29 is 28.7 Å². The first-order valence-corrected chi connectivity index (χ1v) is 8.54. The van der Waals surface area contributed by atoms with Gasteiger partial charge in [0, 0.05) is 35.7 Å². The van der Waals surface area contributed by atoms with E-state index in [1.807, 2.05) is 0 Å². The van der Waals surface area contributed by atoms with Gasteiger partial charge >= 0.3 is 11.9 Å². The number of rotatable bonds is 2. The monoisotopic (exact) mass is 374 g/mol. The van der Waals surface area contributed by atoms with Crippen LogP contribution < -0.4 is 9.47 Å². The quantitative estimate of drug-likeness (QED) is 0.394. The van der Waals surface area contributed by atoms with Gasteiger partial charge in [0.2, 0.25) is 0 Å². The fourth-order valence-corrected chi connectivity index (χ4v) is 3.46. The Bertz CT molecular complexity index is 1110. The van der Waals surface area contributed by atoms with E-state index >= 15 is 0 Å². The highest BCUT2D eigenvalue weighted by molar-refractivity contribution is 6.32. The molecule has 0 fully saturated rings. The van der Waals surface area contributed by atoms with Crippen LogP contribution in [0.25, 0.3) is 10.8 Å². The summed E-state index contributed by atoms with van der Waals surface area (Å²) < 4.78 is 10.7. The predicted molar refractivity (Wildman–Crippen MR) is 99.9 cm³/mol. The molecule has 4 rings (SSSR count). The van der Waals surface area contributed by atoms with Crippen molar-refractivity contribution in [2.75, 3.05) is 0 Å². The zero-order chi connectivity index (χ0) is 20.0. The Balaban J connectivity index is 2.19. The van der Waals surface area contributed by atoms with Crippen molar-refractivity contribution in [3.8, 4) is 11.5 Å². The Kier molecular flexibility index (Phi) is 4.04. The van der Waals surface area contributed by atoms with E-state index in [1.54, 1.807) is 36.4 Å².